The molecule has 180 valence electrons. The molecule has 2 aliphatic heterocycles. The van der Waals surface area contributed by atoms with Gasteiger partial charge in [-0.05, 0) is 49.9 Å². The lowest BCUT2D eigenvalue weighted by Crippen LogP contribution is -2.43. The Morgan fingerprint density at radius 1 is 1.23 bits per heavy atom. The minimum absolute atomic E-state index is 0.0528. The van der Waals surface area contributed by atoms with Gasteiger partial charge in [-0.1, -0.05) is 30.3 Å². The number of aromatic nitrogens is 2. The van der Waals surface area contributed by atoms with Crippen LogP contribution in [0.25, 0.3) is 11.1 Å². The summed E-state index contributed by atoms with van der Waals surface area (Å²) < 4.78 is 0. The monoisotopic (exact) mass is 471 g/mol. The van der Waals surface area contributed by atoms with Crippen molar-refractivity contribution in [1.29, 1.82) is 0 Å². The van der Waals surface area contributed by atoms with Gasteiger partial charge in [0.25, 0.3) is 5.91 Å². The van der Waals surface area contributed by atoms with Crippen LogP contribution in [-0.2, 0) is 10.2 Å². The highest BCUT2D eigenvalue weighted by atomic mass is 16.2. The highest BCUT2D eigenvalue weighted by Crippen LogP contribution is 2.45. The van der Waals surface area contributed by atoms with Gasteiger partial charge < -0.3 is 27.0 Å². The Labute approximate surface area is 203 Å². The quantitative estimate of drug-likeness (QED) is 0.448. The summed E-state index contributed by atoms with van der Waals surface area (Å²) in [7, 11) is 0. The van der Waals surface area contributed by atoms with Gasteiger partial charge in [0.1, 0.15) is 11.4 Å². The third-order valence-corrected chi connectivity index (χ3v) is 6.75. The van der Waals surface area contributed by atoms with Crippen LogP contribution in [0.5, 0.6) is 0 Å². The number of hydrogen-bond acceptors (Lipinski definition) is 7. The Bertz CT molecular complexity index is 1310. The van der Waals surface area contributed by atoms with Crippen LogP contribution in [0, 0.1) is 0 Å². The van der Waals surface area contributed by atoms with Crippen molar-refractivity contribution in [2.24, 2.45) is 11.5 Å². The van der Waals surface area contributed by atoms with Crippen molar-refractivity contribution in [3.8, 4) is 11.1 Å². The molecule has 3 aromatic rings. The molecule has 0 saturated carbocycles. The first-order chi connectivity index (χ1) is 16.7. The van der Waals surface area contributed by atoms with Crippen molar-refractivity contribution >= 4 is 35.0 Å². The van der Waals surface area contributed by atoms with E-state index in [-0.39, 0.29) is 17.5 Å². The van der Waals surface area contributed by atoms with Crippen molar-refractivity contribution in [1.82, 2.24) is 9.97 Å². The summed E-state index contributed by atoms with van der Waals surface area (Å²) in [5, 5.41) is 6.33. The van der Waals surface area contributed by atoms with Crippen LogP contribution in [0.2, 0.25) is 0 Å². The number of benzene rings is 2. The fourth-order valence-electron chi connectivity index (χ4n) is 4.71. The molecule has 1 aromatic heterocycles. The lowest BCUT2D eigenvalue weighted by atomic mass is 9.84. The number of primary amides is 1. The highest BCUT2D eigenvalue weighted by Gasteiger charge is 2.40. The van der Waals surface area contributed by atoms with Gasteiger partial charge in [0, 0.05) is 36.6 Å². The number of hydrogen-bond donors (Lipinski definition) is 4. The summed E-state index contributed by atoms with van der Waals surface area (Å²) in [5.74, 6) is 0.117. The zero-order chi connectivity index (χ0) is 24.7. The zero-order valence-corrected chi connectivity index (χ0v) is 19.8. The average molecular weight is 472 g/mol. The number of nitrogens with one attached hydrogen (secondary N) is 2. The maximum absolute atomic E-state index is 12.8. The summed E-state index contributed by atoms with van der Waals surface area (Å²) in [6, 6.07) is 13.8. The molecule has 1 atom stereocenters. The number of carbonyl (C=O) groups is 2. The van der Waals surface area contributed by atoms with Crippen LogP contribution in [0.15, 0.2) is 48.7 Å². The molecular weight excluding hydrogens is 442 g/mol. The van der Waals surface area contributed by atoms with Crippen molar-refractivity contribution in [3.63, 3.8) is 0 Å². The first-order valence-corrected chi connectivity index (χ1v) is 11.7. The second-order valence-electron chi connectivity index (χ2n) is 9.66. The van der Waals surface area contributed by atoms with Crippen LogP contribution >= 0.6 is 0 Å². The number of rotatable bonds is 5. The Hall–Kier alpha value is -3.98. The molecule has 9 heteroatoms. The van der Waals surface area contributed by atoms with Crippen LogP contribution < -0.4 is 27.0 Å². The molecule has 35 heavy (non-hydrogen) atoms. The third-order valence-electron chi connectivity index (χ3n) is 6.75. The molecule has 2 aliphatic rings. The second kappa shape index (κ2) is 8.66. The molecule has 1 fully saturated rings. The van der Waals surface area contributed by atoms with Gasteiger partial charge in [0.15, 0.2) is 0 Å². The molecule has 5 rings (SSSR count). The van der Waals surface area contributed by atoms with Gasteiger partial charge in [-0.25, -0.2) is 4.98 Å². The molecule has 0 spiro atoms. The van der Waals surface area contributed by atoms with Crippen LogP contribution in [-0.4, -0.2) is 40.9 Å². The fourth-order valence-corrected chi connectivity index (χ4v) is 4.71. The Morgan fingerprint density at radius 2 is 2.00 bits per heavy atom. The fraction of sp³-hybridized carbons (Fsp3) is 0.308. The SMILES string of the molecule is CC1(C)C(=O)Nc2c(-c3ccccc3)cc(Nc3nc(N4CCC[C@H](N)C4)ncc3C(N)=O)cc21. The van der Waals surface area contributed by atoms with E-state index < -0.39 is 11.3 Å². The summed E-state index contributed by atoms with van der Waals surface area (Å²) in [6.45, 7) is 5.23. The normalized spacial score (nSPS) is 18.7. The molecule has 1 saturated heterocycles. The first-order valence-electron chi connectivity index (χ1n) is 11.7. The van der Waals surface area contributed by atoms with Gasteiger partial charge in [0.05, 0.1) is 11.1 Å². The number of fused-ring (bicyclic) bond motifs is 1. The Morgan fingerprint density at radius 3 is 2.71 bits per heavy atom. The standard InChI is InChI=1S/C26H29N7O2/c1-26(2)20-12-17(11-18(21(20)31-24(26)35)15-7-4-3-5-8-15)30-23-19(22(28)34)13-29-25(32-23)33-10-6-9-16(27)14-33/h3-5,7-8,11-13,16H,6,9-10,14,27H2,1-2H3,(H2,28,34)(H,31,35)(H,29,30,32)/t16-/m0/s1. The van der Waals surface area contributed by atoms with E-state index in [1.54, 1.807) is 0 Å². The van der Waals surface area contributed by atoms with Crippen molar-refractivity contribution in [2.45, 2.75) is 38.1 Å². The minimum atomic E-state index is -0.718. The highest BCUT2D eigenvalue weighted by molar-refractivity contribution is 6.10. The molecular formula is C26H29N7O2. The van der Waals surface area contributed by atoms with E-state index in [2.05, 4.69) is 20.6 Å². The molecule has 3 heterocycles. The predicted molar refractivity (Wildman–Crippen MR) is 137 cm³/mol. The van der Waals surface area contributed by atoms with Crippen LogP contribution in [0.4, 0.5) is 23.1 Å². The summed E-state index contributed by atoms with van der Waals surface area (Å²) in [4.78, 5) is 36.0. The van der Waals surface area contributed by atoms with E-state index in [1.165, 1.54) is 6.20 Å². The van der Waals surface area contributed by atoms with E-state index in [9.17, 15) is 9.59 Å². The maximum atomic E-state index is 12.8. The van der Waals surface area contributed by atoms with Crippen LogP contribution in [0.1, 0.15) is 42.6 Å². The predicted octanol–water partition coefficient (Wildman–Crippen LogP) is 3.14. The lowest BCUT2D eigenvalue weighted by Gasteiger charge is -2.31. The summed E-state index contributed by atoms with van der Waals surface area (Å²) in [5.41, 5.74) is 15.4. The maximum Gasteiger partial charge on any atom is 0.254 e. The second-order valence-corrected chi connectivity index (χ2v) is 9.66. The molecule has 0 radical (unpaired) electrons. The number of nitrogens with zero attached hydrogens (tertiary/aromatic N) is 3. The number of nitrogens with two attached hydrogens (primary N) is 2. The smallest absolute Gasteiger partial charge is 0.254 e. The van der Waals surface area contributed by atoms with E-state index in [4.69, 9.17) is 11.5 Å². The third kappa shape index (κ3) is 4.19. The molecule has 0 unspecified atom stereocenters. The Kier molecular flexibility index (Phi) is 5.64. The van der Waals surface area contributed by atoms with Crippen molar-refractivity contribution in [2.75, 3.05) is 28.6 Å². The van der Waals surface area contributed by atoms with Crippen LogP contribution in [0.3, 0.4) is 0 Å². The van der Waals surface area contributed by atoms with E-state index in [0.717, 1.165) is 41.8 Å². The number of amides is 2. The van der Waals surface area contributed by atoms with Crippen molar-refractivity contribution in [3.05, 3.63) is 59.8 Å². The van der Waals surface area contributed by atoms with Gasteiger partial charge in [-0.2, -0.15) is 4.98 Å². The van der Waals surface area contributed by atoms with E-state index >= 15 is 0 Å². The minimum Gasteiger partial charge on any atom is -0.365 e. The molecule has 2 amide bonds. The van der Waals surface area contributed by atoms with Gasteiger partial charge >= 0.3 is 0 Å². The zero-order valence-electron chi connectivity index (χ0n) is 19.8. The van der Waals surface area contributed by atoms with Gasteiger partial charge in [0.2, 0.25) is 11.9 Å². The topological polar surface area (TPSA) is 139 Å². The number of anilines is 4. The Balaban J connectivity index is 1.60. The average Bonchev–Trinajstić information content (AvgIpc) is 3.07. The van der Waals surface area contributed by atoms with E-state index in [1.807, 2.05) is 61.2 Å². The number of carbonyl (C=O) groups excluding carboxylic acids is 2. The summed E-state index contributed by atoms with van der Waals surface area (Å²) in [6.07, 6.45) is 3.36. The molecule has 0 aliphatic carbocycles. The number of piperidine rings is 1. The lowest BCUT2D eigenvalue weighted by molar-refractivity contribution is -0.119. The summed E-state index contributed by atoms with van der Waals surface area (Å²) >= 11 is 0. The van der Waals surface area contributed by atoms with Gasteiger partial charge in [-0.3, -0.25) is 9.59 Å². The molecule has 9 nitrogen and oxygen atoms in total. The molecule has 0 bridgehead atoms. The van der Waals surface area contributed by atoms with E-state index in [0.29, 0.717) is 24.0 Å². The largest absolute Gasteiger partial charge is 0.365 e. The molecule has 2 aromatic carbocycles. The van der Waals surface area contributed by atoms with Crippen molar-refractivity contribution < 1.29 is 9.59 Å². The molecule has 6 N–H and O–H groups in total. The first kappa shape index (κ1) is 22.8. The van der Waals surface area contributed by atoms with Gasteiger partial charge in [-0.15, -0.1) is 0 Å².